The molecule has 2 heteroatoms. The molecule has 0 bridgehead atoms. The second kappa shape index (κ2) is 3.04. The lowest BCUT2D eigenvalue weighted by atomic mass is 9.83. The minimum absolute atomic E-state index is 0.117. The minimum atomic E-state index is -0.117. The highest BCUT2D eigenvalue weighted by atomic mass is 14.7. The zero-order valence-electron chi connectivity index (χ0n) is 7.36. The van der Waals surface area contributed by atoms with Crippen LogP contribution >= 0.6 is 0 Å². The van der Waals surface area contributed by atoms with E-state index in [4.69, 9.17) is 11.1 Å². The summed E-state index contributed by atoms with van der Waals surface area (Å²) in [5.74, 6) is 0.903. The van der Waals surface area contributed by atoms with Crippen molar-refractivity contribution in [1.82, 2.24) is 0 Å². The molecular weight excluding hydrogens is 124 g/mol. The van der Waals surface area contributed by atoms with E-state index >= 15 is 0 Å². The van der Waals surface area contributed by atoms with Crippen LogP contribution in [0.3, 0.4) is 0 Å². The molecule has 0 rings (SSSR count). The molecule has 0 saturated heterocycles. The SMILES string of the molecule is CC(C)CC(C)(C)C(=N)N. The van der Waals surface area contributed by atoms with Crippen molar-refractivity contribution in [3.05, 3.63) is 0 Å². The molecule has 0 fully saturated rings. The molecule has 0 amide bonds. The van der Waals surface area contributed by atoms with Crippen LogP contribution in [0.15, 0.2) is 0 Å². The van der Waals surface area contributed by atoms with Crippen LogP contribution < -0.4 is 5.73 Å². The van der Waals surface area contributed by atoms with Crippen molar-refractivity contribution >= 4 is 5.84 Å². The zero-order chi connectivity index (χ0) is 8.36. The Bertz CT molecular complexity index is 125. The van der Waals surface area contributed by atoms with Gasteiger partial charge in [-0.1, -0.05) is 27.7 Å². The molecule has 0 saturated carbocycles. The van der Waals surface area contributed by atoms with Gasteiger partial charge in [-0.25, -0.2) is 0 Å². The Kier molecular flexibility index (Phi) is 2.88. The van der Waals surface area contributed by atoms with Gasteiger partial charge < -0.3 is 5.73 Å². The van der Waals surface area contributed by atoms with Crippen molar-refractivity contribution in [3.63, 3.8) is 0 Å². The van der Waals surface area contributed by atoms with E-state index in [1.54, 1.807) is 0 Å². The molecule has 60 valence electrons. The van der Waals surface area contributed by atoms with E-state index in [0.29, 0.717) is 11.8 Å². The topological polar surface area (TPSA) is 49.9 Å². The minimum Gasteiger partial charge on any atom is -0.387 e. The third-order valence-electron chi connectivity index (χ3n) is 1.65. The summed E-state index contributed by atoms with van der Waals surface area (Å²) in [6, 6.07) is 0. The van der Waals surface area contributed by atoms with E-state index in [9.17, 15) is 0 Å². The summed E-state index contributed by atoms with van der Waals surface area (Å²) >= 11 is 0. The molecule has 0 aromatic rings. The summed E-state index contributed by atoms with van der Waals surface area (Å²) in [7, 11) is 0. The van der Waals surface area contributed by atoms with Crippen LogP contribution in [0.1, 0.15) is 34.1 Å². The molecule has 0 aromatic carbocycles. The molecule has 0 aromatic heterocycles. The molecule has 0 aliphatic heterocycles. The van der Waals surface area contributed by atoms with Crippen molar-refractivity contribution in [2.75, 3.05) is 0 Å². The van der Waals surface area contributed by atoms with E-state index in [0.717, 1.165) is 6.42 Å². The van der Waals surface area contributed by atoms with Crippen molar-refractivity contribution in [2.24, 2.45) is 17.1 Å². The Hall–Kier alpha value is -0.530. The number of nitrogens with one attached hydrogen (secondary N) is 1. The highest BCUT2D eigenvalue weighted by Crippen LogP contribution is 2.24. The van der Waals surface area contributed by atoms with Gasteiger partial charge in [0.15, 0.2) is 0 Å². The molecule has 0 aliphatic rings. The highest BCUT2D eigenvalue weighted by Gasteiger charge is 2.22. The zero-order valence-corrected chi connectivity index (χ0v) is 7.36. The van der Waals surface area contributed by atoms with Gasteiger partial charge in [0.25, 0.3) is 0 Å². The smallest absolute Gasteiger partial charge is 0.0963 e. The average molecular weight is 142 g/mol. The van der Waals surface area contributed by atoms with Crippen LogP contribution in [0, 0.1) is 16.7 Å². The second-order valence-electron chi connectivity index (χ2n) is 3.90. The van der Waals surface area contributed by atoms with Crippen LogP contribution in [-0.4, -0.2) is 5.84 Å². The molecule has 0 aliphatic carbocycles. The third kappa shape index (κ3) is 2.85. The summed E-state index contributed by atoms with van der Waals surface area (Å²) in [5, 5.41) is 7.27. The molecule has 0 radical (unpaired) electrons. The molecular formula is C8H18N2. The Labute approximate surface area is 63.3 Å². The van der Waals surface area contributed by atoms with E-state index in [-0.39, 0.29) is 5.41 Å². The van der Waals surface area contributed by atoms with Gasteiger partial charge in [-0.15, -0.1) is 0 Å². The number of nitrogens with two attached hydrogens (primary N) is 1. The van der Waals surface area contributed by atoms with E-state index in [2.05, 4.69) is 13.8 Å². The third-order valence-corrected chi connectivity index (χ3v) is 1.65. The molecule has 0 unspecified atom stereocenters. The van der Waals surface area contributed by atoms with Gasteiger partial charge >= 0.3 is 0 Å². The fourth-order valence-electron chi connectivity index (χ4n) is 1.13. The average Bonchev–Trinajstić information content (AvgIpc) is 1.60. The van der Waals surface area contributed by atoms with Crippen LogP contribution in [-0.2, 0) is 0 Å². The van der Waals surface area contributed by atoms with Crippen LogP contribution in [0.4, 0.5) is 0 Å². The Morgan fingerprint density at radius 2 is 1.90 bits per heavy atom. The Balaban J connectivity index is 4.00. The van der Waals surface area contributed by atoms with Gasteiger partial charge in [-0.05, 0) is 12.3 Å². The first-order valence-electron chi connectivity index (χ1n) is 3.71. The summed E-state index contributed by atoms with van der Waals surface area (Å²) in [4.78, 5) is 0. The standard InChI is InChI=1S/C8H18N2/c1-6(2)5-8(3,4)7(9)10/h6H,5H2,1-4H3,(H3,9,10). The highest BCUT2D eigenvalue weighted by molar-refractivity contribution is 5.82. The van der Waals surface area contributed by atoms with E-state index in [1.165, 1.54) is 0 Å². The van der Waals surface area contributed by atoms with Gasteiger partial charge in [-0.3, -0.25) is 5.41 Å². The van der Waals surface area contributed by atoms with Crippen molar-refractivity contribution < 1.29 is 0 Å². The van der Waals surface area contributed by atoms with Crippen molar-refractivity contribution in [1.29, 1.82) is 5.41 Å². The quantitative estimate of drug-likeness (QED) is 0.459. The first-order chi connectivity index (χ1) is 4.36. The maximum atomic E-state index is 7.27. The maximum Gasteiger partial charge on any atom is 0.0963 e. The Morgan fingerprint density at radius 1 is 1.50 bits per heavy atom. The first-order valence-corrected chi connectivity index (χ1v) is 3.71. The summed E-state index contributed by atoms with van der Waals surface area (Å²) < 4.78 is 0. The largest absolute Gasteiger partial charge is 0.387 e. The van der Waals surface area contributed by atoms with Crippen molar-refractivity contribution in [2.45, 2.75) is 34.1 Å². The van der Waals surface area contributed by atoms with Crippen LogP contribution in [0.25, 0.3) is 0 Å². The number of hydrogen-bond acceptors (Lipinski definition) is 1. The Morgan fingerprint density at radius 3 is 2.00 bits per heavy atom. The number of rotatable bonds is 3. The van der Waals surface area contributed by atoms with Gasteiger partial charge in [0.1, 0.15) is 0 Å². The molecule has 0 atom stereocenters. The fourth-order valence-corrected chi connectivity index (χ4v) is 1.13. The lowest BCUT2D eigenvalue weighted by Crippen LogP contribution is -2.31. The van der Waals surface area contributed by atoms with Crippen LogP contribution in [0.5, 0.6) is 0 Å². The lowest BCUT2D eigenvalue weighted by Gasteiger charge is -2.24. The van der Waals surface area contributed by atoms with Crippen LogP contribution in [0.2, 0.25) is 0 Å². The fraction of sp³-hybridized carbons (Fsp3) is 0.875. The predicted molar refractivity (Wildman–Crippen MR) is 45.2 cm³/mol. The first kappa shape index (κ1) is 9.47. The van der Waals surface area contributed by atoms with E-state index in [1.807, 2.05) is 13.8 Å². The molecule has 2 nitrogen and oxygen atoms in total. The van der Waals surface area contributed by atoms with Gasteiger partial charge in [0.2, 0.25) is 0 Å². The van der Waals surface area contributed by atoms with Gasteiger partial charge in [0.05, 0.1) is 5.84 Å². The predicted octanol–water partition coefficient (Wildman–Crippen LogP) is 1.99. The summed E-state index contributed by atoms with van der Waals surface area (Å²) in [6.45, 7) is 8.31. The summed E-state index contributed by atoms with van der Waals surface area (Å²) in [6.07, 6.45) is 0.988. The lowest BCUT2D eigenvalue weighted by molar-refractivity contribution is 0.390. The number of amidine groups is 1. The molecule has 0 heterocycles. The van der Waals surface area contributed by atoms with Gasteiger partial charge in [-0.2, -0.15) is 0 Å². The maximum absolute atomic E-state index is 7.27. The molecule has 3 N–H and O–H groups in total. The van der Waals surface area contributed by atoms with Crippen molar-refractivity contribution in [3.8, 4) is 0 Å². The monoisotopic (exact) mass is 142 g/mol. The molecule has 0 spiro atoms. The van der Waals surface area contributed by atoms with Gasteiger partial charge in [0, 0.05) is 5.41 Å². The second-order valence-corrected chi connectivity index (χ2v) is 3.90. The molecule has 10 heavy (non-hydrogen) atoms. The summed E-state index contributed by atoms with van der Waals surface area (Å²) in [5.41, 5.74) is 5.28. The van der Waals surface area contributed by atoms with E-state index < -0.39 is 0 Å². The number of hydrogen-bond donors (Lipinski definition) is 2. The normalized spacial score (nSPS) is 12.1.